The Morgan fingerprint density at radius 2 is 1.68 bits per heavy atom. The second kappa shape index (κ2) is 10.4. The maximum atomic E-state index is 13.6. The fourth-order valence-electron chi connectivity index (χ4n) is 4.99. The minimum Gasteiger partial charge on any atom is -0.427 e. The minimum atomic E-state index is -4.82. The summed E-state index contributed by atoms with van der Waals surface area (Å²) in [7, 11) is 0. The number of ether oxygens (including phenoxy) is 1. The van der Waals surface area contributed by atoms with Crippen LogP contribution in [0.25, 0.3) is 0 Å². The lowest BCUT2D eigenvalue weighted by molar-refractivity contribution is -0.187. The zero-order chi connectivity index (χ0) is 29.6. The number of aryl methyl sites for hydroxylation is 1. The predicted octanol–water partition coefficient (Wildman–Crippen LogP) is 3.83. The summed E-state index contributed by atoms with van der Waals surface area (Å²) < 4.78 is 59.6. The van der Waals surface area contributed by atoms with Crippen LogP contribution in [0.4, 0.5) is 28.0 Å². The smallest absolute Gasteiger partial charge is 0.418 e. The molecule has 13 heteroatoms. The fourth-order valence-corrected chi connectivity index (χ4v) is 4.99. The van der Waals surface area contributed by atoms with E-state index >= 15 is 0 Å². The Morgan fingerprint density at radius 1 is 1.05 bits per heavy atom. The summed E-state index contributed by atoms with van der Waals surface area (Å²) in [5.41, 5.74) is -0.494. The Balaban J connectivity index is 1.59. The number of hydrogen-bond acceptors (Lipinski definition) is 6. The second-order valence-electron chi connectivity index (χ2n) is 9.67. The van der Waals surface area contributed by atoms with Crippen molar-refractivity contribution in [1.29, 1.82) is 0 Å². The van der Waals surface area contributed by atoms with E-state index in [9.17, 15) is 41.5 Å². The van der Waals surface area contributed by atoms with Crippen molar-refractivity contribution in [2.75, 3.05) is 11.4 Å². The molecule has 2 aromatic rings. The first-order chi connectivity index (χ1) is 18.7. The Morgan fingerprint density at radius 3 is 2.25 bits per heavy atom. The first-order valence-electron chi connectivity index (χ1n) is 12.3. The summed E-state index contributed by atoms with van der Waals surface area (Å²) in [6.07, 6.45) is -5.78. The van der Waals surface area contributed by atoms with E-state index in [4.69, 9.17) is 4.74 Å². The highest BCUT2D eigenvalue weighted by atomic mass is 19.4. The molecule has 1 saturated heterocycles. The average Bonchev–Trinajstić information content (AvgIpc) is 3.34. The van der Waals surface area contributed by atoms with Gasteiger partial charge in [-0.3, -0.25) is 24.1 Å². The highest BCUT2D eigenvalue weighted by molar-refractivity contribution is 6.13. The number of fused-ring (bicyclic) bond motifs is 2. The van der Waals surface area contributed by atoms with Gasteiger partial charge in [0.15, 0.2) is 0 Å². The van der Waals surface area contributed by atoms with Crippen molar-refractivity contribution < 1.29 is 46.3 Å². The van der Waals surface area contributed by atoms with E-state index in [1.807, 2.05) is 0 Å². The van der Waals surface area contributed by atoms with Crippen LogP contribution in [0.3, 0.4) is 0 Å². The third-order valence-corrected chi connectivity index (χ3v) is 7.05. The van der Waals surface area contributed by atoms with Gasteiger partial charge < -0.3 is 9.64 Å². The molecule has 0 radical (unpaired) electrons. The summed E-state index contributed by atoms with van der Waals surface area (Å²) in [5, 5.41) is 0. The van der Waals surface area contributed by atoms with E-state index in [-0.39, 0.29) is 24.1 Å². The first kappa shape index (κ1) is 28.7. The van der Waals surface area contributed by atoms with Crippen LogP contribution in [0, 0.1) is 5.82 Å². The number of imide groups is 2. The maximum absolute atomic E-state index is 13.6. The predicted molar refractivity (Wildman–Crippen MR) is 131 cm³/mol. The Kier molecular flexibility index (Phi) is 7.43. The molecule has 1 spiro atoms. The van der Waals surface area contributed by atoms with Crippen LogP contribution in [0.5, 0.6) is 0 Å². The standard InChI is InChI=1S/C27H25F4N3O6/c1-15(27(29,30)31)32(13-18-4-6-20(28)7-5-18)23(37)14-33-24(38)26(40-25(33)39)11-10-19-12-21(8-9-22(19)26)34(16(2)35)17(3)36/h4-9,12,15H,10-11,13-14H2,1-3H3/t15-,26+/m0/s1. The van der Waals surface area contributed by atoms with Gasteiger partial charge in [-0.15, -0.1) is 0 Å². The summed E-state index contributed by atoms with van der Waals surface area (Å²) in [6, 6.07) is 6.64. The van der Waals surface area contributed by atoms with Crippen molar-refractivity contribution in [2.24, 2.45) is 0 Å². The minimum absolute atomic E-state index is 0.000555. The molecule has 0 N–H and O–H groups in total. The van der Waals surface area contributed by atoms with Gasteiger partial charge in [-0.25, -0.2) is 14.1 Å². The molecular formula is C27H25F4N3O6. The number of rotatable bonds is 6. The van der Waals surface area contributed by atoms with E-state index in [2.05, 4.69) is 0 Å². The molecule has 0 unspecified atom stereocenters. The van der Waals surface area contributed by atoms with Gasteiger partial charge in [-0.1, -0.05) is 18.2 Å². The fraction of sp³-hybridized carbons (Fsp3) is 0.370. The molecule has 0 bridgehead atoms. The number of alkyl halides is 3. The molecule has 212 valence electrons. The van der Waals surface area contributed by atoms with Gasteiger partial charge in [0.2, 0.25) is 23.3 Å². The molecule has 2 aromatic carbocycles. The lowest BCUT2D eigenvalue weighted by Gasteiger charge is -2.31. The molecule has 5 amide bonds. The molecule has 2 atom stereocenters. The highest BCUT2D eigenvalue weighted by Gasteiger charge is 2.58. The molecular weight excluding hydrogens is 538 g/mol. The number of hydrogen-bond donors (Lipinski definition) is 0. The van der Waals surface area contributed by atoms with Crippen molar-refractivity contribution >= 4 is 35.4 Å². The molecule has 40 heavy (non-hydrogen) atoms. The Bertz CT molecular complexity index is 1380. The van der Waals surface area contributed by atoms with Crippen molar-refractivity contribution in [1.82, 2.24) is 9.80 Å². The van der Waals surface area contributed by atoms with E-state index in [1.54, 1.807) is 0 Å². The van der Waals surface area contributed by atoms with Crippen LogP contribution in [0.1, 0.15) is 43.9 Å². The molecule has 1 aliphatic heterocycles. The SMILES string of the molecule is CC(=O)N(C(C)=O)c1ccc2c(c1)CC[C@@]21OC(=O)N(CC(=O)N(Cc2ccc(F)cc2)[C@@H](C)C(F)(F)F)C1=O. The second-order valence-corrected chi connectivity index (χ2v) is 9.67. The molecule has 9 nitrogen and oxygen atoms in total. The van der Waals surface area contributed by atoms with Gasteiger partial charge in [0.1, 0.15) is 18.4 Å². The van der Waals surface area contributed by atoms with Crippen LogP contribution in [0.15, 0.2) is 42.5 Å². The lowest BCUT2D eigenvalue weighted by Crippen LogP contribution is -2.51. The van der Waals surface area contributed by atoms with Crippen LogP contribution < -0.4 is 4.90 Å². The summed E-state index contributed by atoms with van der Waals surface area (Å²) >= 11 is 0. The Labute approximate surface area is 226 Å². The normalized spacial score (nSPS) is 18.9. The van der Waals surface area contributed by atoms with Gasteiger partial charge in [-0.2, -0.15) is 13.2 Å². The summed E-state index contributed by atoms with van der Waals surface area (Å²) in [6.45, 7) is 1.65. The maximum Gasteiger partial charge on any atom is 0.418 e. The van der Waals surface area contributed by atoms with Crippen LogP contribution in [-0.2, 0) is 42.5 Å². The average molecular weight is 564 g/mol. The number of carbonyl (C=O) groups is 5. The number of carbonyl (C=O) groups excluding carboxylic acids is 5. The molecule has 1 fully saturated rings. The monoisotopic (exact) mass is 563 g/mol. The van der Waals surface area contributed by atoms with Crippen LogP contribution >= 0.6 is 0 Å². The van der Waals surface area contributed by atoms with Gasteiger partial charge >= 0.3 is 12.3 Å². The van der Waals surface area contributed by atoms with Gasteiger partial charge in [0, 0.05) is 32.4 Å². The zero-order valence-electron chi connectivity index (χ0n) is 21.8. The van der Waals surface area contributed by atoms with E-state index in [0.717, 1.165) is 24.0 Å². The quantitative estimate of drug-likeness (QED) is 0.495. The van der Waals surface area contributed by atoms with Crippen LogP contribution in [0.2, 0.25) is 0 Å². The van der Waals surface area contributed by atoms with Gasteiger partial charge in [-0.05, 0) is 48.7 Å². The molecule has 2 aliphatic rings. The molecule has 0 saturated carbocycles. The van der Waals surface area contributed by atoms with Crippen LogP contribution in [-0.4, -0.2) is 58.3 Å². The van der Waals surface area contributed by atoms with E-state index in [0.29, 0.717) is 20.9 Å². The number of anilines is 1. The van der Waals surface area contributed by atoms with Crippen molar-refractivity contribution in [3.05, 3.63) is 65.0 Å². The van der Waals surface area contributed by atoms with Crippen molar-refractivity contribution in [3.63, 3.8) is 0 Å². The first-order valence-corrected chi connectivity index (χ1v) is 12.3. The summed E-state index contributed by atoms with van der Waals surface area (Å²) in [4.78, 5) is 65.1. The van der Waals surface area contributed by atoms with Crippen molar-refractivity contribution in [2.45, 2.75) is 58.0 Å². The van der Waals surface area contributed by atoms with Crippen molar-refractivity contribution in [3.8, 4) is 0 Å². The summed E-state index contributed by atoms with van der Waals surface area (Å²) in [5.74, 6) is -3.73. The highest BCUT2D eigenvalue weighted by Crippen LogP contribution is 2.46. The molecule has 1 heterocycles. The number of benzene rings is 2. The molecule has 4 rings (SSSR count). The van der Waals surface area contributed by atoms with E-state index in [1.165, 1.54) is 44.2 Å². The third kappa shape index (κ3) is 5.15. The number of nitrogens with zero attached hydrogens (tertiary/aromatic N) is 3. The third-order valence-electron chi connectivity index (χ3n) is 7.05. The largest absolute Gasteiger partial charge is 0.427 e. The van der Waals surface area contributed by atoms with E-state index < -0.39 is 66.4 Å². The molecule has 0 aromatic heterocycles. The van der Waals surface area contributed by atoms with Gasteiger partial charge in [0.05, 0.1) is 5.69 Å². The number of halogens is 4. The number of amides is 5. The lowest BCUT2D eigenvalue weighted by atomic mass is 9.94. The van der Waals surface area contributed by atoms with Gasteiger partial charge in [0.25, 0.3) is 5.91 Å². The molecule has 1 aliphatic carbocycles. The zero-order valence-corrected chi connectivity index (χ0v) is 21.8. The topological polar surface area (TPSA) is 104 Å². The Hall–Kier alpha value is -4.29.